The molecule has 0 aliphatic heterocycles. The highest BCUT2D eigenvalue weighted by molar-refractivity contribution is 5.94. The zero-order valence-corrected chi connectivity index (χ0v) is 6.87. The number of rotatable bonds is 2. The van der Waals surface area contributed by atoms with E-state index in [1.165, 1.54) is 0 Å². The second-order valence-electron chi connectivity index (χ2n) is 2.50. The Morgan fingerprint density at radius 1 is 1.33 bits per heavy atom. The lowest BCUT2D eigenvalue weighted by Gasteiger charge is -2.06. The van der Waals surface area contributed by atoms with Gasteiger partial charge in [-0.3, -0.25) is 4.79 Å². The van der Waals surface area contributed by atoms with E-state index in [9.17, 15) is 4.79 Å². The molecule has 3 heteroatoms. The van der Waals surface area contributed by atoms with E-state index in [0.717, 1.165) is 0 Å². The average Bonchev–Trinajstić information content (AvgIpc) is 2.05. The second-order valence-corrected chi connectivity index (χ2v) is 2.50. The van der Waals surface area contributed by atoms with Crippen LogP contribution in [0.3, 0.4) is 0 Å². The van der Waals surface area contributed by atoms with Crippen LogP contribution in [-0.2, 0) is 0 Å². The Morgan fingerprint density at radius 3 is 2.42 bits per heavy atom. The van der Waals surface area contributed by atoms with Crippen molar-refractivity contribution in [2.75, 3.05) is 0 Å². The summed E-state index contributed by atoms with van der Waals surface area (Å²) in [6.45, 7) is 1.64. The summed E-state index contributed by atoms with van der Waals surface area (Å²) in [4.78, 5) is 11.2. The van der Waals surface area contributed by atoms with Crippen molar-refractivity contribution in [2.45, 2.75) is 6.92 Å². The summed E-state index contributed by atoms with van der Waals surface area (Å²) in [5, 5.41) is 2.51. The zero-order chi connectivity index (χ0) is 8.97. The lowest BCUT2D eigenvalue weighted by Crippen LogP contribution is -2.31. The third-order valence-corrected chi connectivity index (χ3v) is 1.35. The molecular weight excluding hydrogens is 152 g/mol. The van der Waals surface area contributed by atoms with Crippen molar-refractivity contribution in [3.63, 3.8) is 0 Å². The first-order valence-corrected chi connectivity index (χ1v) is 3.65. The van der Waals surface area contributed by atoms with Crippen LogP contribution in [0.2, 0.25) is 0 Å². The number of amides is 1. The minimum Gasteiger partial charge on any atom is -0.331 e. The van der Waals surface area contributed by atoms with Gasteiger partial charge in [-0.05, 0) is 19.1 Å². The molecule has 0 saturated heterocycles. The highest BCUT2D eigenvalue weighted by Crippen LogP contribution is 1.98. The molecule has 3 N–H and O–H groups in total. The minimum absolute atomic E-state index is 0.171. The smallest absolute Gasteiger partial charge is 0.252 e. The van der Waals surface area contributed by atoms with E-state index in [1.54, 1.807) is 31.2 Å². The van der Waals surface area contributed by atoms with Gasteiger partial charge >= 0.3 is 0 Å². The van der Waals surface area contributed by atoms with Crippen LogP contribution >= 0.6 is 0 Å². The van der Waals surface area contributed by atoms with Gasteiger partial charge in [-0.2, -0.15) is 0 Å². The monoisotopic (exact) mass is 163 g/mol. The fourth-order valence-corrected chi connectivity index (χ4v) is 0.841. The van der Waals surface area contributed by atoms with E-state index >= 15 is 0 Å². The zero-order valence-electron chi connectivity index (χ0n) is 6.87. The summed E-state index contributed by atoms with van der Waals surface area (Å²) in [6, 6.07) is 8.94. The van der Waals surface area contributed by atoms with Crippen LogP contribution in [0, 0.1) is 6.17 Å². The molecule has 0 bridgehead atoms. The van der Waals surface area contributed by atoms with Gasteiger partial charge in [-0.1, -0.05) is 18.2 Å². The second kappa shape index (κ2) is 3.88. The third-order valence-electron chi connectivity index (χ3n) is 1.35. The predicted molar refractivity (Wildman–Crippen MR) is 47.0 cm³/mol. The van der Waals surface area contributed by atoms with Crippen molar-refractivity contribution in [1.29, 1.82) is 0 Å². The fraction of sp³-hybridized carbons (Fsp3) is 0.111. The molecule has 0 aromatic heterocycles. The maximum absolute atomic E-state index is 11.2. The SMILES string of the molecule is C[C](N)NC(=O)c1ccccc1. The standard InChI is InChI=1S/C9H11N2O/c1-7(10)11-9(12)8-5-3-2-4-6-8/h2-6H,10H2,1H3,(H,11,12). The Balaban J connectivity index is 2.66. The van der Waals surface area contributed by atoms with Crippen LogP contribution < -0.4 is 11.1 Å². The van der Waals surface area contributed by atoms with Crippen molar-refractivity contribution >= 4 is 5.91 Å². The van der Waals surface area contributed by atoms with Crippen LogP contribution in [0.25, 0.3) is 0 Å². The topological polar surface area (TPSA) is 55.1 Å². The number of carbonyl (C=O) groups is 1. The molecule has 1 rings (SSSR count). The molecule has 0 aliphatic rings. The molecule has 0 atom stereocenters. The van der Waals surface area contributed by atoms with Crippen LogP contribution in [0.5, 0.6) is 0 Å². The fourth-order valence-electron chi connectivity index (χ4n) is 0.841. The third kappa shape index (κ3) is 2.36. The van der Waals surface area contributed by atoms with E-state index in [2.05, 4.69) is 5.32 Å². The summed E-state index contributed by atoms with van der Waals surface area (Å²) in [7, 11) is 0. The molecular formula is C9H11N2O. The summed E-state index contributed by atoms with van der Waals surface area (Å²) >= 11 is 0. The molecule has 0 unspecified atom stereocenters. The lowest BCUT2D eigenvalue weighted by atomic mass is 10.2. The maximum atomic E-state index is 11.2. The van der Waals surface area contributed by atoms with Crippen molar-refractivity contribution in [3.8, 4) is 0 Å². The molecule has 1 radical (unpaired) electrons. The normalized spacial score (nSPS) is 9.92. The Kier molecular flexibility index (Phi) is 2.82. The van der Waals surface area contributed by atoms with E-state index in [-0.39, 0.29) is 5.91 Å². The highest BCUT2D eigenvalue weighted by Gasteiger charge is 2.05. The van der Waals surface area contributed by atoms with Crippen molar-refractivity contribution in [1.82, 2.24) is 5.32 Å². The van der Waals surface area contributed by atoms with Crippen molar-refractivity contribution < 1.29 is 4.79 Å². The van der Waals surface area contributed by atoms with Gasteiger partial charge in [0, 0.05) is 5.56 Å². The van der Waals surface area contributed by atoms with Crippen LogP contribution in [0.1, 0.15) is 17.3 Å². The maximum Gasteiger partial charge on any atom is 0.252 e. The molecule has 63 valence electrons. The largest absolute Gasteiger partial charge is 0.331 e. The molecule has 0 aliphatic carbocycles. The van der Waals surface area contributed by atoms with Gasteiger partial charge in [0.05, 0.1) is 0 Å². The summed E-state index contributed by atoms with van der Waals surface area (Å²) in [5.41, 5.74) is 5.93. The summed E-state index contributed by atoms with van der Waals surface area (Å²) in [6.07, 6.45) is 0.406. The Labute approximate surface area is 71.6 Å². The summed E-state index contributed by atoms with van der Waals surface area (Å²) in [5.74, 6) is -0.171. The number of carbonyl (C=O) groups excluding carboxylic acids is 1. The molecule has 3 nitrogen and oxygen atoms in total. The number of nitrogens with one attached hydrogen (secondary N) is 1. The van der Waals surface area contributed by atoms with Gasteiger partial charge in [0.1, 0.15) is 6.17 Å². The van der Waals surface area contributed by atoms with Gasteiger partial charge in [0.25, 0.3) is 5.91 Å². The molecule has 1 aromatic carbocycles. The molecule has 1 aromatic rings. The van der Waals surface area contributed by atoms with Gasteiger partial charge < -0.3 is 11.1 Å². The van der Waals surface area contributed by atoms with Crippen LogP contribution in [-0.4, -0.2) is 5.91 Å². The first kappa shape index (κ1) is 8.74. The van der Waals surface area contributed by atoms with E-state index in [0.29, 0.717) is 11.7 Å². The van der Waals surface area contributed by atoms with Crippen molar-refractivity contribution in [3.05, 3.63) is 42.1 Å². The lowest BCUT2D eigenvalue weighted by molar-refractivity contribution is 0.0957. The first-order valence-electron chi connectivity index (χ1n) is 3.65. The van der Waals surface area contributed by atoms with Crippen LogP contribution in [0.15, 0.2) is 30.3 Å². The minimum atomic E-state index is -0.171. The van der Waals surface area contributed by atoms with E-state index < -0.39 is 0 Å². The van der Waals surface area contributed by atoms with E-state index in [1.807, 2.05) is 6.07 Å². The first-order chi connectivity index (χ1) is 5.70. The Hall–Kier alpha value is -1.35. The average molecular weight is 163 g/mol. The number of nitrogens with two attached hydrogens (primary N) is 1. The summed E-state index contributed by atoms with van der Waals surface area (Å²) < 4.78 is 0. The van der Waals surface area contributed by atoms with Gasteiger partial charge in [0.2, 0.25) is 0 Å². The van der Waals surface area contributed by atoms with Gasteiger partial charge in [-0.15, -0.1) is 0 Å². The molecule has 0 saturated carbocycles. The Morgan fingerprint density at radius 2 is 1.92 bits per heavy atom. The van der Waals surface area contributed by atoms with Crippen molar-refractivity contribution in [2.24, 2.45) is 5.73 Å². The highest BCUT2D eigenvalue weighted by atomic mass is 16.1. The van der Waals surface area contributed by atoms with Crippen LogP contribution in [0.4, 0.5) is 0 Å². The molecule has 0 spiro atoms. The molecule has 0 heterocycles. The molecule has 0 fully saturated rings. The van der Waals surface area contributed by atoms with Gasteiger partial charge in [-0.25, -0.2) is 0 Å². The molecule has 1 amide bonds. The van der Waals surface area contributed by atoms with Gasteiger partial charge in [0.15, 0.2) is 0 Å². The Bertz CT molecular complexity index is 256. The number of hydrogen-bond acceptors (Lipinski definition) is 2. The number of benzene rings is 1. The van der Waals surface area contributed by atoms with E-state index in [4.69, 9.17) is 5.73 Å². The molecule has 12 heavy (non-hydrogen) atoms. The predicted octanol–water partition coefficient (Wildman–Crippen LogP) is 0.884. The number of hydrogen-bond donors (Lipinski definition) is 2. The quantitative estimate of drug-likeness (QED) is 0.680.